The number of aliphatic hydroxyl groups is 1. The third-order valence-corrected chi connectivity index (χ3v) is 2.62. The number of aliphatic hydroxyl groups excluding tert-OH is 1. The molecule has 1 rings (SSSR count). The second-order valence-corrected chi connectivity index (χ2v) is 6.00. The highest BCUT2D eigenvalue weighted by atomic mass is 127. The highest BCUT2D eigenvalue weighted by Gasteiger charge is 2.17. The first-order valence-electron chi connectivity index (χ1n) is 5.61. The first-order valence-corrected chi connectivity index (χ1v) is 6.69. The molecular weight excluding hydrogens is 345 g/mol. The number of anilines is 1. The summed E-state index contributed by atoms with van der Waals surface area (Å²) in [5.41, 5.74) is 1.27. The van der Waals surface area contributed by atoms with Gasteiger partial charge in [0.1, 0.15) is 0 Å². The van der Waals surface area contributed by atoms with Crippen LogP contribution in [0.2, 0.25) is 0 Å². The molecule has 1 heterocycles. The van der Waals surface area contributed by atoms with Gasteiger partial charge in [-0.1, -0.05) is 0 Å². The van der Waals surface area contributed by atoms with Gasteiger partial charge in [0.25, 0.3) is 0 Å². The van der Waals surface area contributed by atoms with Gasteiger partial charge < -0.3 is 15.2 Å². The maximum atomic E-state index is 9.73. The summed E-state index contributed by atoms with van der Waals surface area (Å²) in [5, 5.41) is 18.6. The van der Waals surface area contributed by atoms with Gasteiger partial charge in [-0.25, -0.2) is 5.41 Å². The van der Waals surface area contributed by atoms with Crippen molar-refractivity contribution in [1.29, 1.82) is 0 Å². The minimum absolute atomic E-state index is 0.278. The SMILES string of the molecule is CC(C)(C)OC(O)CNc1cnccc1C(=[NH2+])I. The van der Waals surface area contributed by atoms with Crippen LogP contribution in [-0.4, -0.2) is 32.2 Å². The minimum Gasteiger partial charge on any atom is -0.378 e. The van der Waals surface area contributed by atoms with Crippen LogP contribution in [0, 0.1) is 0 Å². The molecule has 0 saturated heterocycles. The Kier molecular flexibility index (Phi) is 5.48. The predicted octanol–water partition coefficient (Wildman–Crippen LogP) is 0.568. The van der Waals surface area contributed by atoms with E-state index < -0.39 is 6.29 Å². The number of nitrogens with two attached hydrogens (primary N) is 1. The van der Waals surface area contributed by atoms with Crippen molar-refractivity contribution in [2.24, 2.45) is 0 Å². The molecule has 1 aromatic rings. The zero-order valence-electron chi connectivity index (χ0n) is 10.8. The molecule has 6 heteroatoms. The van der Waals surface area contributed by atoms with Gasteiger partial charge in [0, 0.05) is 28.8 Å². The minimum atomic E-state index is -0.881. The molecule has 0 bridgehead atoms. The number of nitrogens with zero attached hydrogens (tertiary/aromatic N) is 1. The quantitative estimate of drug-likeness (QED) is 0.406. The fourth-order valence-electron chi connectivity index (χ4n) is 1.39. The van der Waals surface area contributed by atoms with E-state index in [0.717, 1.165) is 11.3 Å². The number of halogens is 1. The molecule has 100 valence electrons. The van der Waals surface area contributed by atoms with Crippen LogP contribution in [0.4, 0.5) is 5.69 Å². The Labute approximate surface area is 121 Å². The van der Waals surface area contributed by atoms with Crippen molar-refractivity contribution in [3.05, 3.63) is 24.0 Å². The van der Waals surface area contributed by atoms with E-state index in [1.165, 1.54) is 0 Å². The third kappa shape index (κ3) is 5.28. The molecule has 18 heavy (non-hydrogen) atoms. The average molecular weight is 364 g/mol. The lowest BCUT2D eigenvalue weighted by Gasteiger charge is -2.24. The molecule has 0 radical (unpaired) electrons. The molecule has 4 N–H and O–H groups in total. The van der Waals surface area contributed by atoms with E-state index >= 15 is 0 Å². The topological polar surface area (TPSA) is 80.0 Å². The number of pyridine rings is 1. The molecule has 0 aliphatic heterocycles. The number of ether oxygens (including phenoxy) is 1. The Hall–Kier alpha value is -0.730. The van der Waals surface area contributed by atoms with Crippen molar-refractivity contribution in [2.45, 2.75) is 32.7 Å². The number of hydrogen-bond acceptors (Lipinski definition) is 4. The van der Waals surface area contributed by atoms with E-state index in [4.69, 9.17) is 10.1 Å². The molecule has 1 unspecified atom stereocenters. The Morgan fingerprint density at radius 1 is 1.61 bits per heavy atom. The lowest BCUT2D eigenvalue weighted by Crippen LogP contribution is -2.37. The maximum Gasteiger partial charge on any atom is 0.242 e. The van der Waals surface area contributed by atoms with Crippen molar-refractivity contribution >= 4 is 32.0 Å². The van der Waals surface area contributed by atoms with Gasteiger partial charge in [0.15, 0.2) is 6.29 Å². The van der Waals surface area contributed by atoms with E-state index in [0.29, 0.717) is 3.72 Å². The molecular formula is C12H19IN3O2+. The standard InChI is InChI=1S/C12H18IN3O2/c1-12(2,3)18-10(17)7-16-9-6-15-5-4-8(9)11(13)14/h4-6,10,14,16-17H,7H2,1-3H3/p+1. The number of nitrogens with one attached hydrogen (secondary N) is 1. The largest absolute Gasteiger partial charge is 0.378 e. The predicted molar refractivity (Wildman–Crippen MR) is 79.6 cm³/mol. The average Bonchev–Trinajstić information content (AvgIpc) is 2.24. The van der Waals surface area contributed by atoms with Gasteiger partial charge in [-0.3, -0.25) is 4.98 Å². The summed E-state index contributed by atoms with van der Waals surface area (Å²) in [4.78, 5) is 4.02. The molecule has 0 fully saturated rings. The lowest BCUT2D eigenvalue weighted by molar-refractivity contribution is -0.157. The van der Waals surface area contributed by atoms with Crippen molar-refractivity contribution in [2.75, 3.05) is 11.9 Å². The summed E-state index contributed by atoms with van der Waals surface area (Å²) in [6.07, 6.45) is 2.46. The number of hydrogen-bond donors (Lipinski definition) is 3. The monoisotopic (exact) mass is 364 g/mol. The van der Waals surface area contributed by atoms with E-state index in [9.17, 15) is 5.11 Å². The Bertz CT molecular complexity index is 418. The van der Waals surface area contributed by atoms with Crippen LogP contribution < -0.4 is 10.7 Å². The second-order valence-electron chi connectivity index (χ2n) is 4.83. The van der Waals surface area contributed by atoms with Gasteiger partial charge in [-0.05, 0) is 26.8 Å². The number of aromatic nitrogens is 1. The Morgan fingerprint density at radius 3 is 2.83 bits per heavy atom. The molecule has 0 spiro atoms. The molecule has 0 aliphatic carbocycles. The lowest BCUT2D eigenvalue weighted by atomic mass is 10.2. The summed E-state index contributed by atoms with van der Waals surface area (Å²) < 4.78 is 6.06. The van der Waals surface area contributed by atoms with Gasteiger partial charge in [-0.15, -0.1) is 0 Å². The van der Waals surface area contributed by atoms with Crippen molar-refractivity contribution < 1.29 is 15.3 Å². The van der Waals surface area contributed by atoms with Crippen LogP contribution in [0.5, 0.6) is 0 Å². The van der Waals surface area contributed by atoms with Crippen LogP contribution in [-0.2, 0) is 4.74 Å². The zero-order chi connectivity index (χ0) is 13.8. The van der Waals surface area contributed by atoms with Crippen molar-refractivity contribution in [3.63, 3.8) is 0 Å². The summed E-state index contributed by atoms with van der Waals surface area (Å²) in [6.45, 7) is 5.95. The van der Waals surface area contributed by atoms with Crippen molar-refractivity contribution in [3.8, 4) is 0 Å². The summed E-state index contributed by atoms with van der Waals surface area (Å²) in [6, 6.07) is 1.82. The molecule has 1 aromatic heterocycles. The van der Waals surface area contributed by atoms with Gasteiger partial charge >= 0.3 is 0 Å². The van der Waals surface area contributed by atoms with Gasteiger partial charge in [0.05, 0.1) is 29.6 Å². The molecule has 5 nitrogen and oxygen atoms in total. The molecule has 0 aromatic carbocycles. The third-order valence-electron chi connectivity index (χ3n) is 2.04. The summed E-state index contributed by atoms with van der Waals surface area (Å²) >= 11 is 2.05. The van der Waals surface area contributed by atoms with Crippen LogP contribution in [0.3, 0.4) is 0 Å². The first-order chi connectivity index (χ1) is 8.29. The van der Waals surface area contributed by atoms with E-state index in [-0.39, 0.29) is 12.1 Å². The summed E-state index contributed by atoms with van der Waals surface area (Å²) in [7, 11) is 0. The van der Waals surface area contributed by atoms with Crippen LogP contribution >= 0.6 is 22.6 Å². The van der Waals surface area contributed by atoms with E-state index in [1.807, 2.05) is 49.4 Å². The fourth-order valence-corrected chi connectivity index (χ4v) is 1.86. The second kappa shape index (κ2) is 6.44. The van der Waals surface area contributed by atoms with Crippen LogP contribution in [0.25, 0.3) is 0 Å². The molecule has 0 amide bonds. The highest BCUT2D eigenvalue weighted by molar-refractivity contribution is 14.1. The first kappa shape index (κ1) is 15.3. The smallest absolute Gasteiger partial charge is 0.242 e. The van der Waals surface area contributed by atoms with Crippen LogP contribution in [0.15, 0.2) is 18.5 Å². The van der Waals surface area contributed by atoms with E-state index in [2.05, 4.69) is 10.3 Å². The normalized spacial score (nSPS) is 13.2. The Balaban J connectivity index is 2.61. The molecule has 0 aliphatic rings. The van der Waals surface area contributed by atoms with Gasteiger partial charge in [0.2, 0.25) is 3.72 Å². The summed E-state index contributed by atoms with van der Waals surface area (Å²) in [5.74, 6) is 0. The van der Waals surface area contributed by atoms with Crippen LogP contribution in [0.1, 0.15) is 26.3 Å². The highest BCUT2D eigenvalue weighted by Crippen LogP contribution is 2.16. The molecule has 0 saturated carbocycles. The maximum absolute atomic E-state index is 9.73. The van der Waals surface area contributed by atoms with Gasteiger partial charge in [-0.2, -0.15) is 0 Å². The van der Waals surface area contributed by atoms with E-state index in [1.54, 1.807) is 12.4 Å². The fraction of sp³-hybridized carbons (Fsp3) is 0.500. The van der Waals surface area contributed by atoms with Crippen molar-refractivity contribution in [1.82, 2.24) is 4.98 Å². The molecule has 1 atom stereocenters. The Morgan fingerprint density at radius 2 is 2.28 bits per heavy atom. The zero-order valence-corrected chi connectivity index (χ0v) is 12.9. The number of rotatable bonds is 5.